The Bertz CT molecular complexity index is 1260. The molecule has 8 nitrogen and oxygen atoms in total. The maximum atomic E-state index is 12.7. The minimum Gasteiger partial charge on any atom is -0.508 e. The maximum absolute atomic E-state index is 12.7. The fourth-order valence-corrected chi connectivity index (χ4v) is 4.25. The summed E-state index contributed by atoms with van der Waals surface area (Å²) >= 11 is 0. The molecule has 0 saturated heterocycles. The Hall–Kier alpha value is -3.69. The molecule has 0 aromatic heterocycles. The fourth-order valence-electron chi connectivity index (χ4n) is 3.21. The van der Waals surface area contributed by atoms with E-state index in [1.807, 2.05) is 30.3 Å². The van der Waals surface area contributed by atoms with Crippen LogP contribution in [0.5, 0.6) is 5.75 Å². The molecule has 178 valence electrons. The van der Waals surface area contributed by atoms with Crippen LogP contribution in [0.4, 0.5) is 0 Å². The standard InChI is InChI=1S/C25H27N3O5S/c1-18-11-12-22(34(32,33)28-17-19-7-3-2-4-8-19)16-23(18)25(31)27-14-6-13-26-24(30)20-9-5-10-21(29)15-20/h2-5,7-12,15-16,28-29H,6,13-14,17H2,1H3,(H,26,30)(H,27,31). The van der Waals surface area contributed by atoms with Crippen LogP contribution >= 0.6 is 0 Å². The van der Waals surface area contributed by atoms with Crippen LogP contribution in [0, 0.1) is 6.92 Å². The lowest BCUT2D eigenvalue weighted by molar-refractivity contribution is 0.0951. The molecular formula is C25H27N3O5S. The van der Waals surface area contributed by atoms with Crippen LogP contribution in [-0.2, 0) is 16.6 Å². The minimum absolute atomic E-state index is 0.00907. The summed E-state index contributed by atoms with van der Waals surface area (Å²) in [6.45, 7) is 2.50. The molecule has 0 saturated carbocycles. The van der Waals surface area contributed by atoms with Gasteiger partial charge in [-0.3, -0.25) is 9.59 Å². The molecule has 9 heteroatoms. The number of nitrogens with one attached hydrogen (secondary N) is 3. The third-order valence-corrected chi connectivity index (χ3v) is 6.51. The van der Waals surface area contributed by atoms with Gasteiger partial charge in [-0.2, -0.15) is 0 Å². The van der Waals surface area contributed by atoms with E-state index < -0.39 is 15.9 Å². The smallest absolute Gasteiger partial charge is 0.251 e. The Kier molecular flexibility index (Phi) is 8.39. The van der Waals surface area contributed by atoms with Crippen LogP contribution in [0.25, 0.3) is 0 Å². The van der Waals surface area contributed by atoms with Gasteiger partial charge in [0.15, 0.2) is 0 Å². The number of rotatable bonds is 10. The van der Waals surface area contributed by atoms with Gasteiger partial charge in [-0.1, -0.05) is 42.5 Å². The first-order valence-electron chi connectivity index (χ1n) is 10.8. The number of aromatic hydroxyl groups is 1. The Morgan fingerprint density at radius 3 is 2.26 bits per heavy atom. The van der Waals surface area contributed by atoms with Crippen molar-refractivity contribution in [2.45, 2.75) is 24.8 Å². The Labute approximate surface area is 199 Å². The fraction of sp³-hybridized carbons (Fsp3) is 0.200. The van der Waals surface area contributed by atoms with Gasteiger partial charge in [0.05, 0.1) is 4.90 Å². The van der Waals surface area contributed by atoms with Crippen molar-refractivity contribution in [3.63, 3.8) is 0 Å². The molecule has 0 aliphatic carbocycles. The second-order valence-corrected chi connectivity index (χ2v) is 9.47. The predicted octanol–water partition coefficient (Wildman–Crippen LogP) is 2.73. The van der Waals surface area contributed by atoms with E-state index in [4.69, 9.17) is 0 Å². The molecule has 3 aromatic carbocycles. The molecule has 0 aliphatic heterocycles. The molecule has 0 radical (unpaired) electrons. The number of sulfonamides is 1. The van der Waals surface area contributed by atoms with E-state index in [1.165, 1.54) is 24.3 Å². The van der Waals surface area contributed by atoms with Gasteiger partial charge in [0.2, 0.25) is 10.0 Å². The molecule has 4 N–H and O–H groups in total. The Morgan fingerprint density at radius 2 is 1.56 bits per heavy atom. The van der Waals surface area contributed by atoms with E-state index in [0.717, 1.165) is 5.56 Å². The third-order valence-electron chi connectivity index (χ3n) is 5.11. The van der Waals surface area contributed by atoms with Crippen LogP contribution in [0.15, 0.2) is 77.7 Å². The van der Waals surface area contributed by atoms with Gasteiger partial charge in [0, 0.05) is 30.8 Å². The lowest BCUT2D eigenvalue weighted by atomic mass is 10.1. The summed E-state index contributed by atoms with van der Waals surface area (Å²) in [6.07, 6.45) is 0.478. The van der Waals surface area contributed by atoms with E-state index in [9.17, 15) is 23.1 Å². The summed E-state index contributed by atoms with van der Waals surface area (Å²) in [5, 5.41) is 14.9. The van der Waals surface area contributed by atoms with E-state index >= 15 is 0 Å². The molecule has 0 fully saturated rings. The van der Waals surface area contributed by atoms with Crippen molar-refractivity contribution < 1.29 is 23.1 Å². The number of carbonyl (C=O) groups excluding carboxylic acids is 2. The molecule has 0 bridgehead atoms. The van der Waals surface area contributed by atoms with E-state index in [-0.39, 0.29) is 28.7 Å². The number of aryl methyl sites for hydroxylation is 1. The molecule has 2 amide bonds. The highest BCUT2D eigenvalue weighted by Gasteiger charge is 2.18. The zero-order valence-electron chi connectivity index (χ0n) is 18.7. The van der Waals surface area contributed by atoms with E-state index in [0.29, 0.717) is 30.6 Å². The monoisotopic (exact) mass is 481 g/mol. The highest BCUT2D eigenvalue weighted by atomic mass is 32.2. The zero-order valence-corrected chi connectivity index (χ0v) is 19.6. The molecule has 0 spiro atoms. The molecule has 34 heavy (non-hydrogen) atoms. The normalized spacial score (nSPS) is 11.1. The van der Waals surface area contributed by atoms with Crippen molar-refractivity contribution in [2.75, 3.05) is 13.1 Å². The predicted molar refractivity (Wildman–Crippen MR) is 129 cm³/mol. The van der Waals surface area contributed by atoms with Gasteiger partial charge >= 0.3 is 0 Å². The second kappa shape index (κ2) is 11.4. The number of benzene rings is 3. The summed E-state index contributed by atoms with van der Waals surface area (Å²) < 4.78 is 27.9. The van der Waals surface area contributed by atoms with E-state index in [1.54, 1.807) is 25.1 Å². The van der Waals surface area contributed by atoms with Gasteiger partial charge in [0.25, 0.3) is 11.8 Å². The van der Waals surface area contributed by atoms with Crippen LogP contribution < -0.4 is 15.4 Å². The lowest BCUT2D eigenvalue weighted by Crippen LogP contribution is -2.30. The van der Waals surface area contributed by atoms with Crippen molar-refractivity contribution in [3.8, 4) is 5.75 Å². The van der Waals surface area contributed by atoms with Crippen LogP contribution in [-0.4, -0.2) is 38.4 Å². The molecule has 0 atom stereocenters. The highest BCUT2D eigenvalue weighted by Crippen LogP contribution is 2.16. The van der Waals surface area contributed by atoms with Crippen molar-refractivity contribution in [3.05, 3.63) is 95.1 Å². The van der Waals surface area contributed by atoms with Crippen LogP contribution in [0.2, 0.25) is 0 Å². The molecule has 0 unspecified atom stereocenters. The number of hydrogen-bond acceptors (Lipinski definition) is 5. The first-order chi connectivity index (χ1) is 16.3. The Balaban J connectivity index is 1.52. The summed E-state index contributed by atoms with van der Waals surface area (Å²) in [4.78, 5) is 24.7. The highest BCUT2D eigenvalue weighted by molar-refractivity contribution is 7.89. The summed E-state index contributed by atoms with van der Waals surface area (Å²) in [5.41, 5.74) is 2.09. The van der Waals surface area contributed by atoms with Gasteiger partial charge in [0.1, 0.15) is 5.75 Å². The van der Waals surface area contributed by atoms with Gasteiger partial charge in [-0.15, -0.1) is 0 Å². The van der Waals surface area contributed by atoms with Gasteiger partial charge < -0.3 is 15.7 Å². The van der Waals surface area contributed by atoms with Gasteiger partial charge in [-0.25, -0.2) is 13.1 Å². The zero-order chi connectivity index (χ0) is 24.6. The number of amides is 2. The number of carbonyl (C=O) groups is 2. The summed E-state index contributed by atoms with van der Waals surface area (Å²) in [7, 11) is -3.79. The molecule has 0 heterocycles. The molecule has 0 aliphatic rings. The second-order valence-electron chi connectivity index (χ2n) is 7.70. The third kappa shape index (κ3) is 6.90. The average molecular weight is 482 g/mol. The number of hydrogen-bond donors (Lipinski definition) is 4. The minimum atomic E-state index is -3.79. The Morgan fingerprint density at radius 1 is 0.853 bits per heavy atom. The summed E-state index contributed by atoms with van der Waals surface area (Å²) in [5.74, 6) is -0.703. The van der Waals surface area contributed by atoms with Crippen molar-refractivity contribution in [1.82, 2.24) is 15.4 Å². The molecular weight excluding hydrogens is 454 g/mol. The van der Waals surface area contributed by atoms with Crippen LogP contribution in [0.1, 0.15) is 38.3 Å². The van der Waals surface area contributed by atoms with Crippen LogP contribution in [0.3, 0.4) is 0 Å². The lowest BCUT2D eigenvalue weighted by Gasteiger charge is -2.12. The number of phenolic OH excluding ortho intramolecular Hbond substituents is 1. The molecule has 3 aromatic rings. The van der Waals surface area contributed by atoms with Crippen molar-refractivity contribution >= 4 is 21.8 Å². The largest absolute Gasteiger partial charge is 0.508 e. The quantitative estimate of drug-likeness (QED) is 0.332. The average Bonchev–Trinajstić information content (AvgIpc) is 2.83. The number of phenols is 1. The van der Waals surface area contributed by atoms with Gasteiger partial charge in [-0.05, 0) is 54.8 Å². The maximum Gasteiger partial charge on any atom is 0.251 e. The first-order valence-corrected chi connectivity index (χ1v) is 12.2. The molecule has 3 rings (SSSR count). The topological polar surface area (TPSA) is 125 Å². The van der Waals surface area contributed by atoms with Crippen molar-refractivity contribution in [1.29, 1.82) is 0 Å². The summed E-state index contributed by atoms with van der Waals surface area (Å²) in [6, 6.07) is 19.6. The van der Waals surface area contributed by atoms with Crippen molar-refractivity contribution in [2.24, 2.45) is 0 Å². The first kappa shape index (κ1) is 24.9. The SMILES string of the molecule is Cc1ccc(S(=O)(=O)NCc2ccccc2)cc1C(=O)NCCCNC(=O)c1cccc(O)c1. The van der Waals surface area contributed by atoms with E-state index in [2.05, 4.69) is 15.4 Å².